The number of likely N-dealkylation sites (tertiary alicyclic amines) is 2. The van der Waals surface area contributed by atoms with E-state index in [1.807, 2.05) is 35.5 Å². The van der Waals surface area contributed by atoms with Gasteiger partial charge in [0.1, 0.15) is 5.69 Å². The number of hydrogen-bond donors (Lipinski definition) is 3. The van der Waals surface area contributed by atoms with E-state index in [1.54, 1.807) is 18.3 Å². The van der Waals surface area contributed by atoms with Crippen molar-refractivity contribution in [2.24, 2.45) is 0 Å². The number of aliphatic hydroxyl groups is 1. The lowest BCUT2D eigenvalue weighted by atomic mass is 10.0. The second-order valence-electron chi connectivity index (χ2n) is 9.91. The van der Waals surface area contributed by atoms with Crippen LogP contribution in [-0.2, 0) is 6.54 Å². The topological polar surface area (TPSA) is 110 Å². The highest BCUT2D eigenvalue weighted by Crippen LogP contribution is 2.29. The van der Waals surface area contributed by atoms with Crippen LogP contribution in [-0.4, -0.2) is 67.2 Å². The Bertz CT molecular complexity index is 1390. The number of nitrogens with zero attached hydrogens (tertiary/aromatic N) is 5. The summed E-state index contributed by atoms with van der Waals surface area (Å²) in [5, 5.41) is 22.2. The SMILES string of the molecule is O=C(c1ccc(NC(O)c2[nH]nc3ccc(-c4cncc(CN5CCCC5)c4)cc23)cn1)N1CCCC1. The Kier molecular flexibility index (Phi) is 6.55. The molecule has 2 fully saturated rings. The third-order valence-corrected chi connectivity index (χ3v) is 7.27. The lowest BCUT2D eigenvalue weighted by Crippen LogP contribution is -2.28. The summed E-state index contributed by atoms with van der Waals surface area (Å²) in [4.78, 5) is 25.6. The highest BCUT2D eigenvalue weighted by Gasteiger charge is 2.21. The van der Waals surface area contributed by atoms with Crippen LogP contribution in [0.15, 0.2) is 55.0 Å². The summed E-state index contributed by atoms with van der Waals surface area (Å²) < 4.78 is 0. The van der Waals surface area contributed by atoms with Gasteiger partial charge in [-0.3, -0.25) is 19.8 Å². The van der Waals surface area contributed by atoms with Gasteiger partial charge in [0, 0.05) is 43.0 Å². The van der Waals surface area contributed by atoms with Crippen LogP contribution in [0.4, 0.5) is 5.69 Å². The third-order valence-electron chi connectivity index (χ3n) is 7.27. The van der Waals surface area contributed by atoms with Crippen LogP contribution in [0.1, 0.15) is 53.7 Å². The van der Waals surface area contributed by atoms with Crippen LogP contribution in [0.25, 0.3) is 22.0 Å². The third kappa shape index (κ3) is 5.05. The van der Waals surface area contributed by atoms with Crippen LogP contribution < -0.4 is 5.32 Å². The number of carbonyl (C=O) groups is 1. The molecule has 3 N–H and O–H groups in total. The van der Waals surface area contributed by atoms with Crippen molar-refractivity contribution in [1.29, 1.82) is 0 Å². The molecule has 5 heterocycles. The molecule has 190 valence electrons. The van der Waals surface area contributed by atoms with E-state index in [0.717, 1.165) is 67.6 Å². The summed E-state index contributed by atoms with van der Waals surface area (Å²) in [5.41, 5.74) is 5.62. The van der Waals surface area contributed by atoms with Crippen LogP contribution in [0.5, 0.6) is 0 Å². The van der Waals surface area contributed by atoms with E-state index in [9.17, 15) is 9.90 Å². The first-order valence-electron chi connectivity index (χ1n) is 13.0. The second kappa shape index (κ2) is 10.3. The molecular weight excluding hydrogens is 466 g/mol. The molecule has 6 rings (SSSR count). The number of nitrogens with one attached hydrogen (secondary N) is 2. The van der Waals surface area contributed by atoms with Crippen molar-refractivity contribution in [3.8, 4) is 11.1 Å². The van der Waals surface area contributed by atoms with Crippen LogP contribution in [0, 0.1) is 0 Å². The van der Waals surface area contributed by atoms with Crippen LogP contribution in [0.2, 0.25) is 0 Å². The lowest BCUT2D eigenvalue weighted by Gasteiger charge is -2.16. The van der Waals surface area contributed by atoms with Gasteiger partial charge in [0.2, 0.25) is 0 Å². The minimum absolute atomic E-state index is 0.0457. The van der Waals surface area contributed by atoms with Gasteiger partial charge >= 0.3 is 0 Å². The minimum atomic E-state index is -1.03. The van der Waals surface area contributed by atoms with Gasteiger partial charge in [-0.05, 0) is 80.2 Å². The maximum absolute atomic E-state index is 12.5. The number of H-pyrrole nitrogens is 1. The van der Waals surface area contributed by atoms with E-state index >= 15 is 0 Å². The van der Waals surface area contributed by atoms with Crippen molar-refractivity contribution in [2.45, 2.75) is 38.5 Å². The van der Waals surface area contributed by atoms with E-state index in [4.69, 9.17) is 0 Å². The van der Waals surface area contributed by atoms with Gasteiger partial charge in [-0.25, -0.2) is 4.98 Å². The Balaban J connectivity index is 1.19. The summed E-state index contributed by atoms with van der Waals surface area (Å²) in [5.74, 6) is -0.0457. The molecule has 0 saturated carbocycles. The predicted molar refractivity (Wildman–Crippen MR) is 142 cm³/mol. The minimum Gasteiger partial charge on any atom is -0.368 e. The van der Waals surface area contributed by atoms with Gasteiger partial charge in [0.25, 0.3) is 5.91 Å². The van der Waals surface area contributed by atoms with Crippen LogP contribution in [0.3, 0.4) is 0 Å². The molecule has 4 aromatic rings. The average molecular weight is 498 g/mol. The first-order valence-corrected chi connectivity index (χ1v) is 13.0. The van der Waals surface area contributed by atoms with E-state index < -0.39 is 6.23 Å². The van der Waals surface area contributed by atoms with E-state index in [2.05, 4.69) is 36.4 Å². The molecule has 0 spiro atoms. The largest absolute Gasteiger partial charge is 0.368 e. The van der Waals surface area contributed by atoms with Gasteiger partial charge < -0.3 is 15.3 Å². The van der Waals surface area contributed by atoms with E-state index in [1.165, 1.54) is 18.4 Å². The maximum atomic E-state index is 12.5. The number of benzene rings is 1. The average Bonchev–Trinajstić information content (AvgIpc) is 3.71. The fraction of sp³-hybridized carbons (Fsp3) is 0.357. The smallest absolute Gasteiger partial charge is 0.272 e. The fourth-order valence-corrected chi connectivity index (χ4v) is 5.27. The molecule has 3 aromatic heterocycles. The summed E-state index contributed by atoms with van der Waals surface area (Å²) in [6.07, 6.45) is 8.97. The molecule has 2 saturated heterocycles. The number of pyridine rings is 2. The van der Waals surface area contributed by atoms with Crippen LogP contribution >= 0.6 is 0 Å². The Hall–Kier alpha value is -3.82. The quantitative estimate of drug-likeness (QED) is 0.332. The molecule has 1 unspecified atom stereocenters. The zero-order chi connectivity index (χ0) is 25.2. The van der Waals surface area contributed by atoms with Crippen molar-refractivity contribution in [2.75, 3.05) is 31.5 Å². The molecule has 9 heteroatoms. The molecular formula is C28H31N7O2. The van der Waals surface area contributed by atoms with Crippen molar-refractivity contribution in [3.63, 3.8) is 0 Å². The van der Waals surface area contributed by atoms with Crippen molar-refractivity contribution in [3.05, 3.63) is 71.9 Å². The molecule has 1 atom stereocenters. The molecule has 0 bridgehead atoms. The lowest BCUT2D eigenvalue weighted by molar-refractivity contribution is 0.0787. The maximum Gasteiger partial charge on any atom is 0.272 e. The summed E-state index contributed by atoms with van der Waals surface area (Å²) >= 11 is 0. The number of anilines is 1. The Labute approximate surface area is 215 Å². The number of amides is 1. The molecule has 1 aromatic carbocycles. The number of fused-ring (bicyclic) bond motifs is 1. The van der Waals surface area contributed by atoms with Crippen molar-refractivity contribution < 1.29 is 9.90 Å². The molecule has 2 aliphatic heterocycles. The van der Waals surface area contributed by atoms with E-state index in [0.29, 0.717) is 17.1 Å². The molecule has 0 radical (unpaired) electrons. The number of aromatic amines is 1. The van der Waals surface area contributed by atoms with Crippen molar-refractivity contribution >= 4 is 22.5 Å². The number of aliphatic hydroxyl groups excluding tert-OH is 1. The van der Waals surface area contributed by atoms with E-state index in [-0.39, 0.29) is 5.91 Å². The number of hydrogen-bond acceptors (Lipinski definition) is 7. The van der Waals surface area contributed by atoms with Gasteiger partial charge in [-0.15, -0.1) is 0 Å². The Morgan fingerprint density at radius 3 is 2.57 bits per heavy atom. The highest BCUT2D eigenvalue weighted by atomic mass is 16.3. The molecule has 2 aliphatic rings. The first-order chi connectivity index (χ1) is 18.1. The fourth-order valence-electron chi connectivity index (χ4n) is 5.27. The number of aromatic nitrogens is 4. The predicted octanol–water partition coefficient (Wildman–Crippen LogP) is 3.95. The summed E-state index contributed by atoms with van der Waals surface area (Å²) in [6, 6.07) is 11.7. The number of carbonyl (C=O) groups excluding carboxylic acids is 1. The van der Waals surface area contributed by atoms with Gasteiger partial charge in [-0.1, -0.05) is 6.07 Å². The summed E-state index contributed by atoms with van der Waals surface area (Å²) in [6.45, 7) is 4.78. The Morgan fingerprint density at radius 2 is 1.78 bits per heavy atom. The summed E-state index contributed by atoms with van der Waals surface area (Å²) in [7, 11) is 0. The van der Waals surface area contributed by atoms with Gasteiger partial charge in [0.15, 0.2) is 6.23 Å². The standard InChI is InChI=1S/C28H31N7O2/c36-27(31-22-6-8-25(30-17-22)28(37)35-11-3-4-12-35)26-23-14-20(5-7-24(23)32-33-26)21-13-19(15-29-16-21)18-34-9-1-2-10-34/h5-8,13-17,27,31,36H,1-4,9-12,18H2,(H,32,33). The second-order valence-corrected chi connectivity index (χ2v) is 9.91. The molecule has 37 heavy (non-hydrogen) atoms. The Morgan fingerprint density at radius 1 is 0.973 bits per heavy atom. The molecule has 1 amide bonds. The highest BCUT2D eigenvalue weighted by molar-refractivity contribution is 5.92. The van der Waals surface area contributed by atoms with Crippen molar-refractivity contribution in [1.82, 2.24) is 30.0 Å². The number of rotatable bonds is 7. The normalized spacial score (nSPS) is 16.9. The zero-order valence-corrected chi connectivity index (χ0v) is 20.7. The first kappa shape index (κ1) is 23.6. The molecule has 0 aliphatic carbocycles. The van der Waals surface area contributed by atoms with Gasteiger partial charge in [-0.2, -0.15) is 5.10 Å². The monoisotopic (exact) mass is 497 g/mol. The molecule has 9 nitrogen and oxygen atoms in total. The zero-order valence-electron chi connectivity index (χ0n) is 20.7. The van der Waals surface area contributed by atoms with Gasteiger partial charge in [0.05, 0.1) is 23.1 Å².